The SMILES string of the molecule is C#CC(CC)N=C(N)Nc1ccc2c(c1)CCC2.I. The van der Waals surface area contributed by atoms with Crippen molar-refractivity contribution in [1.29, 1.82) is 0 Å². The third kappa shape index (κ3) is 4.13. The van der Waals surface area contributed by atoms with Crippen molar-refractivity contribution in [2.45, 2.75) is 38.6 Å². The van der Waals surface area contributed by atoms with Gasteiger partial charge in [0, 0.05) is 5.69 Å². The fraction of sp³-hybridized carbons (Fsp3) is 0.400. The fourth-order valence-corrected chi connectivity index (χ4v) is 2.24. The highest BCUT2D eigenvalue weighted by atomic mass is 127. The van der Waals surface area contributed by atoms with Crippen molar-refractivity contribution in [3.8, 4) is 12.3 Å². The highest BCUT2D eigenvalue weighted by molar-refractivity contribution is 14.0. The van der Waals surface area contributed by atoms with Gasteiger partial charge in [-0.15, -0.1) is 30.4 Å². The second-order valence-electron chi connectivity index (χ2n) is 4.57. The van der Waals surface area contributed by atoms with Crippen LogP contribution in [0.2, 0.25) is 0 Å². The summed E-state index contributed by atoms with van der Waals surface area (Å²) in [5.74, 6) is 2.99. The molecule has 1 aromatic carbocycles. The van der Waals surface area contributed by atoms with Crippen LogP contribution in [0.3, 0.4) is 0 Å². The molecule has 1 unspecified atom stereocenters. The van der Waals surface area contributed by atoms with E-state index >= 15 is 0 Å². The third-order valence-electron chi connectivity index (χ3n) is 3.24. The van der Waals surface area contributed by atoms with Crippen LogP contribution in [0.25, 0.3) is 0 Å². The van der Waals surface area contributed by atoms with Gasteiger partial charge in [-0.2, -0.15) is 0 Å². The summed E-state index contributed by atoms with van der Waals surface area (Å²) < 4.78 is 0. The summed E-state index contributed by atoms with van der Waals surface area (Å²) in [6, 6.07) is 6.22. The molecule has 0 aliphatic heterocycles. The maximum Gasteiger partial charge on any atom is 0.194 e. The lowest BCUT2D eigenvalue weighted by atomic mass is 10.1. The second-order valence-corrected chi connectivity index (χ2v) is 4.57. The molecule has 0 bridgehead atoms. The predicted octanol–water partition coefficient (Wildman–Crippen LogP) is 2.93. The number of halogens is 1. The van der Waals surface area contributed by atoms with E-state index in [-0.39, 0.29) is 30.0 Å². The molecule has 102 valence electrons. The third-order valence-corrected chi connectivity index (χ3v) is 3.24. The maximum absolute atomic E-state index is 5.85. The molecule has 0 amide bonds. The number of fused-ring (bicyclic) bond motifs is 1. The van der Waals surface area contributed by atoms with Crippen LogP contribution in [-0.2, 0) is 12.8 Å². The Bertz CT molecular complexity index is 503. The number of anilines is 1. The van der Waals surface area contributed by atoms with Crippen LogP contribution in [0.4, 0.5) is 5.69 Å². The first-order valence-corrected chi connectivity index (χ1v) is 6.41. The number of nitrogens with zero attached hydrogens (tertiary/aromatic N) is 1. The van der Waals surface area contributed by atoms with E-state index in [2.05, 4.69) is 28.4 Å². The van der Waals surface area contributed by atoms with E-state index in [1.807, 2.05) is 13.0 Å². The zero-order valence-corrected chi connectivity index (χ0v) is 13.5. The highest BCUT2D eigenvalue weighted by Gasteiger charge is 2.11. The highest BCUT2D eigenvalue weighted by Crippen LogP contribution is 2.24. The number of rotatable bonds is 3. The second kappa shape index (κ2) is 7.39. The number of benzene rings is 1. The molecule has 3 nitrogen and oxygen atoms in total. The largest absolute Gasteiger partial charge is 0.370 e. The van der Waals surface area contributed by atoms with Crippen molar-refractivity contribution < 1.29 is 0 Å². The number of nitrogens with two attached hydrogens (primary N) is 1. The Labute approximate surface area is 132 Å². The molecule has 1 aromatic rings. The standard InChI is InChI=1S/C15H19N3.HI/c1-3-13(4-2)17-15(16)18-14-9-8-11-6-5-7-12(11)10-14;/h1,8-10,13H,4-7H2,2H3,(H3,16,17,18);1H. The number of aryl methyl sites for hydroxylation is 2. The summed E-state index contributed by atoms with van der Waals surface area (Å²) in [6.07, 6.45) is 9.75. The lowest BCUT2D eigenvalue weighted by molar-refractivity contribution is 0.806. The Hall–Kier alpha value is -1.22. The van der Waals surface area contributed by atoms with E-state index in [0.29, 0.717) is 5.96 Å². The van der Waals surface area contributed by atoms with E-state index in [4.69, 9.17) is 12.2 Å². The van der Waals surface area contributed by atoms with Crippen LogP contribution in [-0.4, -0.2) is 12.0 Å². The van der Waals surface area contributed by atoms with Crippen LogP contribution >= 0.6 is 24.0 Å². The zero-order chi connectivity index (χ0) is 13.0. The number of terminal acetylenes is 1. The van der Waals surface area contributed by atoms with Crippen molar-refractivity contribution in [3.05, 3.63) is 29.3 Å². The van der Waals surface area contributed by atoms with E-state index < -0.39 is 0 Å². The van der Waals surface area contributed by atoms with Crippen molar-refractivity contribution in [2.24, 2.45) is 10.7 Å². The van der Waals surface area contributed by atoms with Crippen LogP contribution in [0.1, 0.15) is 30.9 Å². The molecule has 4 heteroatoms. The van der Waals surface area contributed by atoms with Gasteiger partial charge >= 0.3 is 0 Å². The minimum atomic E-state index is -0.146. The van der Waals surface area contributed by atoms with E-state index in [1.165, 1.54) is 24.0 Å². The quantitative estimate of drug-likeness (QED) is 0.373. The normalized spacial score (nSPS) is 15.1. The van der Waals surface area contributed by atoms with Gasteiger partial charge in [0.25, 0.3) is 0 Å². The van der Waals surface area contributed by atoms with Gasteiger partial charge in [-0.1, -0.05) is 18.9 Å². The Balaban J connectivity index is 0.00000180. The van der Waals surface area contributed by atoms with E-state index in [0.717, 1.165) is 18.5 Å². The Kier molecular flexibility index (Phi) is 6.16. The number of hydrogen-bond donors (Lipinski definition) is 2. The minimum absolute atomic E-state index is 0. The summed E-state index contributed by atoms with van der Waals surface area (Å²) >= 11 is 0. The van der Waals surface area contributed by atoms with E-state index in [1.54, 1.807) is 0 Å². The molecule has 1 aliphatic carbocycles. The number of nitrogens with one attached hydrogen (secondary N) is 1. The van der Waals surface area contributed by atoms with Gasteiger partial charge in [-0.25, -0.2) is 4.99 Å². The first-order valence-electron chi connectivity index (χ1n) is 6.41. The Morgan fingerprint density at radius 1 is 1.47 bits per heavy atom. The lowest BCUT2D eigenvalue weighted by Gasteiger charge is -2.09. The molecule has 1 aliphatic rings. The molecular weight excluding hydrogens is 349 g/mol. The van der Waals surface area contributed by atoms with Crippen LogP contribution in [0.5, 0.6) is 0 Å². The Morgan fingerprint density at radius 2 is 2.21 bits per heavy atom. The molecule has 0 aromatic heterocycles. The average Bonchev–Trinajstić information content (AvgIpc) is 2.83. The van der Waals surface area contributed by atoms with Crippen molar-refractivity contribution >= 4 is 35.6 Å². The van der Waals surface area contributed by atoms with Crippen LogP contribution in [0.15, 0.2) is 23.2 Å². The van der Waals surface area contributed by atoms with Gasteiger partial charge < -0.3 is 11.1 Å². The molecule has 0 heterocycles. The summed E-state index contributed by atoms with van der Waals surface area (Å²) in [5, 5.41) is 3.10. The monoisotopic (exact) mass is 369 g/mol. The molecule has 0 radical (unpaired) electrons. The minimum Gasteiger partial charge on any atom is -0.370 e. The van der Waals surface area contributed by atoms with Crippen LogP contribution < -0.4 is 11.1 Å². The summed E-state index contributed by atoms with van der Waals surface area (Å²) in [7, 11) is 0. The number of aliphatic imine (C=N–C) groups is 1. The molecule has 0 fully saturated rings. The molecular formula is C15H20IN3. The molecule has 0 saturated carbocycles. The van der Waals surface area contributed by atoms with Crippen LogP contribution in [0, 0.1) is 12.3 Å². The van der Waals surface area contributed by atoms with Gasteiger partial charge in [0.15, 0.2) is 5.96 Å². The van der Waals surface area contributed by atoms with Crippen molar-refractivity contribution in [3.63, 3.8) is 0 Å². The molecule has 0 spiro atoms. The average molecular weight is 369 g/mol. The predicted molar refractivity (Wildman–Crippen MR) is 92.0 cm³/mol. The first-order chi connectivity index (χ1) is 8.72. The molecule has 0 saturated heterocycles. The van der Waals surface area contributed by atoms with Gasteiger partial charge in [-0.3, -0.25) is 0 Å². The van der Waals surface area contributed by atoms with E-state index in [9.17, 15) is 0 Å². The van der Waals surface area contributed by atoms with Gasteiger partial charge in [0.1, 0.15) is 6.04 Å². The topological polar surface area (TPSA) is 50.4 Å². The van der Waals surface area contributed by atoms with Crippen molar-refractivity contribution in [2.75, 3.05) is 5.32 Å². The Morgan fingerprint density at radius 3 is 2.89 bits per heavy atom. The first kappa shape index (κ1) is 15.8. The number of hydrogen-bond acceptors (Lipinski definition) is 1. The van der Waals surface area contributed by atoms with Gasteiger partial charge in [-0.05, 0) is 48.9 Å². The summed E-state index contributed by atoms with van der Waals surface area (Å²) in [5.41, 5.74) is 9.70. The zero-order valence-electron chi connectivity index (χ0n) is 11.1. The molecule has 1 atom stereocenters. The van der Waals surface area contributed by atoms with Gasteiger partial charge in [0.2, 0.25) is 0 Å². The summed E-state index contributed by atoms with van der Waals surface area (Å²) in [4.78, 5) is 4.25. The van der Waals surface area contributed by atoms with Gasteiger partial charge in [0.05, 0.1) is 0 Å². The number of guanidine groups is 1. The fourth-order valence-electron chi connectivity index (χ4n) is 2.24. The maximum atomic E-state index is 5.85. The lowest BCUT2D eigenvalue weighted by Crippen LogP contribution is -2.24. The molecule has 2 rings (SSSR count). The smallest absolute Gasteiger partial charge is 0.194 e. The molecule has 3 N–H and O–H groups in total. The van der Waals surface area contributed by atoms with Crippen molar-refractivity contribution in [1.82, 2.24) is 0 Å². The molecule has 19 heavy (non-hydrogen) atoms. The summed E-state index contributed by atoms with van der Waals surface area (Å²) in [6.45, 7) is 2.00.